The number of fused-ring (bicyclic) bond motifs is 1. The van der Waals surface area contributed by atoms with E-state index < -0.39 is 0 Å². The number of halogens is 1. The molecule has 4 aromatic rings. The van der Waals surface area contributed by atoms with Crippen LogP contribution in [0.2, 0.25) is 5.02 Å². The Hall–Kier alpha value is -2.71. The lowest BCUT2D eigenvalue weighted by molar-refractivity contribution is 1.08. The zero-order valence-electron chi connectivity index (χ0n) is 12.3. The van der Waals surface area contributed by atoms with Gasteiger partial charge >= 0.3 is 0 Å². The molecule has 0 spiro atoms. The Labute approximate surface area is 139 Å². The molecule has 0 amide bonds. The standard InChI is InChI=1S/C20H13ClN2/c21-17-13-7-12-16-18(14-8-3-1-4-9-14)19(22-23-20(16)17)15-10-5-2-6-11-15/h1-13H. The SMILES string of the molecule is Clc1cccc2c(-c3ccccc3)c(-c3ccccc3)nnc12. The van der Waals surface area contributed by atoms with Gasteiger partial charge in [0.25, 0.3) is 0 Å². The highest BCUT2D eigenvalue weighted by Gasteiger charge is 2.15. The number of benzene rings is 3. The van der Waals surface area contributed by atoms with Crippen molar-refractivity contribution in [2.75, 3.05) is 0 Å². The zero-order chi connectivity index (χ0) is 15.6. The highest BCUT2D eigenvalue weighted by atomic mass is 35.5. The molecule has 0 unspecified atom stereocenters. The van der Waals surface area contributed by atoms with Gasteiger partial charge in [0.2, 0.25) is 0 Å². The third-order valence-electron chi connectivity index (χ3n) is 3.85. The fourth-order valence-electron chi connectivity index (χ4n) is 2.79. The zero-order valence-corrected chi connectivity index (χ0v) is 13.0. The maximum absolute atomic E-state index is 6.31. The van der Waals surface area contributed by atoms with Crippen LogP contribution in [0.25, 0.3) is 33.3 Å². The van der Waals surface area contributed by atoms with Crippen LogP contribution in [-0.2, 0) is 0 Å². The van der Waals surface area contributed by atoms with Crippen LogP contribution in [0.4, 0.5) is 0 Å². The molecule has 23 heavy (non-hydrogen) atoms. The number of hydrogen-bond donors (Lipinski definition) is 0. The predicted octanol–water partition coefficient (Wildman–Crippen LogP) is 5.62. The molecule has 0 saturated carbocycles. The van der Waals surface area contributed by atoms with Gasteiger partial charge in [-0.1, -0.05) is 84.4 Å². The average molecular weight is 317 g/mol. The molecule has 3 aromatic carbocycles. The molecule has 0 saturated heterocycles. The van der Waals surface area contributed by atoms with Crippen molar-refractivity contribution >= 4 is 22.5 Å². The van der Waals surface area contributed by atoms with Crippen molar-refractivity contribution in [1.82, 2.24) is 10.2 Å². The van der Waals surface area contributed by atoms with Crippen LogP contribution in [-0.4, -0.2) is 10.2 Å². The molecule has 0 bridgehead atoms. The highest BCUT2D eigenvalue weighted by molar-refractivity contribution is 6.35. The Balaban J connectivity index is 2.12. The molecule has 110 valence electrons. The van der Waals surface area contributed by atoms with E-state index >= 15 is 0 Å². The summed E-state index contributed by atoms with van der Waals surface area (Å²) in [6, 6.07) is 26.2. The number of nitrogens with zero attached hydrogens (tertiary/aromatic N) is 2. The van der Waals surface area contributed by atoms with E-state index in [1.807, 2.05) is 66.7 Å². The van der Waals surface area contributed by atoms with E-state index in [0.29, 0.717) is 5.02 Å². The summed E-state index contributed by atoms with van der Waals surface area (Å²) in [4.78, 5) is 0. The van der Waals surface area contributed by atoms with Gasteiger partial charge in [0.1, 0.15) is 11.2 Å². The minimum Gasteiger partial charge on any atom is -0.149 e. The summed E-state index contributed by atoms with van der Waals surface area (Å²) in [5, 5.41) is 10.5. The van der Waals surface area contributed by atoms with Gasteiger partial charge in [0.05, 0.1) is 5.02 Å². The summed E-state index contributed by atoms with van der Waals surface area (Å²) >= 11 is 6.31. The van der Waals surface area contributed by atoms with Crippen LogP contribution >= 0.6 is 11.6 Å². The molecular weight excluding hydrogens is 304 g/mol. The fraction of sp³-hybridized carbons (Fsp3) is 0. The third-order valence-corrected chi connectivity index (χ3v) is 4.16. The van der Waals surface area contributed by atoms with Gasteiger partial charge in [-0.2, -0.15) is 0 Å². The molecule has 0 aliphatic rings. The third kappa shape index (κ3) is 2.47. The van der Waals surface area contributed by atoms with Crippen LogP contribution in [0.5, 0.6) is 0 Å². The Morgan fingerprint density at radius 1 is 0.609 bits per heavy atom. The normalized spacial score (nSPS) is 10.8. The van der Waals surface area contributed by atoms with Crippen LogP contribution in [0.3, 0.4) is 0 Å². The minimum absolute atomic E-state index is 0.617. The van der Waals surface area contributed by atoms with Crippen molar-refractivity contribution in [3.8, 4) is 22.4 Å². The fourth-order valence-corrected chi connectivity index (χ4v) is 3.00. The first-order chi connectivity index (χ1) is 11.3. The maximum atomic E-state index is 6.31. The van der Waals surface area contributed by atoms with Crippen molar-refractivity contribution in [1.29, 1.82) is 0 Å². The summed E-state index contributed by atoms with van der Waals surface area (Å²) in [7, 11) is 0. The second kappa shape index (κ2) is 5.82. The Morgan fingerprint density at radius 3 is 1.96 bits per heavy atom. The van der Waals surface area contributed by atoms with Gasteiger partial charge in [-0.15, -0.1) is 10.2 Å². The molecule has 0 fully saturated rings. The molecular formula is C20H13ClN2. The predicted molar refractivity (Wildman–Crippen MR) is 95.4 cm³/mol. The minimum atomic E-state index is 0.617. The highest BCUT2D eigenvalue weighted by Crippen LogP contribution is 2.37. The Kier molecular flexibility index (Phi) is 3.52. The van der Waals surface area contributed by atoms with Gasteiger partial charge in [-0.05, 0) is 11.6 Å². The number of aromatic nitrogens is 2. The smallest absolute Gasteiger partial charge is 0.112 e. The van der Waals surface area contributed by atoms with Gasteiger partial charge in [0.15, 0.2) is 0 Å². The number of rotatable bonds is 2. The Bertz CT molecular complexity index is 967. The summed E-state index contributed by atoms with van der Waals surface area (Å²) in [6.07, 6.45) is 0. The Morgan fingerprint density at radius 2 is 1.26 bits per heavy atom. The molecule has 0 N–H and O–H groups in total. The van der Waals surface area contributed by atoms with E-state index in [9.17, 15) is 0 Å². The van der Waals surface area contributed by atoms with Crippen molar-refractivity contribution in [2.45, 2.75) is 0 Å². The maximum Gasteiger partial charge on any atom is 0.112 e. The summed E-state index contributed by atoms with van der Waals surface area (Å²) < 4.78 is 0. The molecule has 0 atom stereocenters. The number of hydrogen-bond acceptors (Lipinski definition) is 2. The summed E-state index contributed by atoms with van der Waals surface area (Å²) in [5.41, 5.74) is 4.80. The van der Waals surface area contributed by atoms with Gasteiger partial charge in [-0.3, -0.25) is 0 Å². The summed E-state index contributed by atoms with van der Waals surface area (Å²) in [6.45, 7) is 0. The molecule has 1 heterocycles. The summed E-state index contributed by atoms with van der Waals surface area (Å²) in [5.74, 6) is 0. The van der Waals surface area contributed by atoms with Crippen LogP contribution in [0, 0.1) is 0 Å². The van der Waals surface area contributed by atoms with E-state index in [2.05, 4.69) is 22.3 Å². The van der Waals surface area contributed by atoms with E-state index in [0.717, 1.165) is 33.3 Å². The van der Waals surface area contributed by atoms with Gasteiger partial charge in [0, 0.05) is 16.5 Å². The lowest BCUT2D eigenvalue weighted by Gasteiger charge is -2.12. The topological polar surface area (TPSA) is 25.8 Å². The van der Waals surface area contributed by atoms with Crippen LogP contribution < -0.4 is 0 Å². The van der Waals surface area contributed by atoms with Crippen molar-refractivity contribution in [3.05, 3.63) is 83.9 Å². The lowest BCUT2D eigenvalue weighted by Crippen LogP contribution is -1.95. The quantitative estimate of drug-likeness (QED) is 0.480. The van der Waals surface area contributed by atoms with Gasteiger partial charge < -0.3 is 0 Å². The first-order valence-corrected chi connectivity index (χ1v) is 7.78. The van der Waals surface area contributed by atoms with E-state index in [-0.39, 0.29) is 0 Å². The van der Waals surface area contributed by atoms with E-state index in [4.69, 9.17) is 11.6 Å². The molecule has 0 aliphatic heterocycles. The second-order valence-corrected chi connectivity index (χ2v) is 5.70. The first-order valence-electron chi connectivity index (χ1n) is 7.40. The van der Waals surface area contributed by atoms with E-state index in [1.54, 1.807) is 0 Å². The first kappa shape index (κ1) is 13.9. The van der Waals surface area contributed by atoms with Crippen LogP contribution in [0.1, 0.15) is 0 Å². The molecule has 4 rings (SSSR count). The lowest BCUT2D eigenvalue weighted by atomic mass is 9.96. The van der Waals surface area contributed by atoms with Crippen molar-refractivity contribution in [2.24, 2.45) is 0 Å². The monoisotopic (exact) mass is 316 g/mol. The largest absolute Gasteiger partial charge is 0.149 e. The van der Waals surface area contributed by atoms with Crippen molar-refractivity contribution < 1.29 is 0 Å². The second-order valence-electron chi connectivity index (χ2n) is 5.29. The van der Waals surface area contributed by atoms with Crippen molar-refractivity contribution in [3.63, 3.8) is 0 Å². The van der Waals surface area contributed by atoms with Crippen LogP contribution in [0.15, 0.2) is 78.9 Å². The molecule has 2 nitrogen and oxygen atoms in total. The van der Waals surface area contributed by atoms with Gasteiger partial charge in [-0.25, -0.2) is 0 Å². The van der Waals surface area contributed by atoms with E-state index in [1.165, 1.54) is 0 Å². The molecule has 0 radical (unpaired) electrons. The molecule has 0 aliphatic carbocycles. The molecule has 3 heteroatoms. The average Bonchev–Trinajstić information content (AvgIpc) is 2.62. The molecule has 1 aromatic heterocycles.